The fraction of sp³-hybridized carbons (Fsp3) is 0.350. The lowest BCUT2D eigenvalue weighted by atomic mass is 10.3. The number of aryl methyl sites for hydroxylation is 3. The van der Waals surface area contributed by atoms with Crippen LogP contribution in [0.1, 0.15) is 24.5 Å². The molecule has 1 aromatic carbocycles. The van der Waals surface area contributed by atoms with Gasteiger partial charge in [0, 0.05) is 43.8 Å². The maximum Gasteiger partial charge on any atom is 0.280 e. The summed E-state index contributed by atoms with van der Waals surface area (Å²) in [4.78, 5) is 15.3. The summed E-state index contributed by atoms with van der Waals surface area (Å²) in [6.45, 7) is 5.66. The first-order chi connectivity index (χ1) is 14.3. The van der Waals surface area contributed by atoms with Crippen LogP contribution in [0.3, 0.4) is 0 Å². The minimum absolute atomic E-state index is 0.00407. The highest BCUT2D eigenvalue weighted by molar-refractivity contribution is 7.92. The second-order valence-corrected chi connectivity index (χ2v) is 9.03. The van der Waals surface area contributed by atoms with E-state index >= 15 is 0 Å². The number of sulfonamides is 1. The van der Waals surface area contributed by atoms with Crippen LogP contribution in [-0.2, 0) is 17.1 Å². The van der Waals surface area contributed by atoms with Crippen molar-refractivity contribution in [1.29, 1.82) is 0 Å². The summed E-state index contributed by atoms with van der Waals surface area (Å²) in [6, 6.07) is 8.94. The summed E-state index contributed by atoms with van der Waals surface area (Å²) in [5.74, 6) is 2.97. The average Bonchev–Trinajstić information content (AvgIpc) is 3.34. The van der Waals surface area contributed by atoms with Crippen LogP contribution >= 0.6 is 0 Å². The third-order valence-electron chi connectivity index (χ3n) is 5.03. The molecule has 0 bridgehead atoms. The largest absolute Gasteiger partial charge is 0.356 e. The van der Waals surface area contributed by atoms with Crippen molar-refractivity contribution in [3.63, 3.8) is 0 Å². The molecule has 1 fully saturated rings. The molecular weight excluding hydrogens is 402 g/mol. The predicted octanol–water partition coefficient (Wildman–Crippen LogP) is 2.97. The molecule has 0 atom stereocenters. The Bertz CT molecular complexity index is 1130. The van der Waals surface area contributed by atoms with Gasteiger partial charge in [0.1, 0.15) is 23.3 Å². The van der Waals surface area contributed by atoms with Crippen LogP contribution in [-0.4, -0.2) is 41.0 Å². The molecule has 9 nitrogen and oxygen atoms in total. The van der Waals surface area contributed by atoms with Crippen molar-refractivity contribution >= 4 is 33.0 Å². The quantitative estimate of drug-likeness (QED) is 0.623. The fourth-order valence-electron chi connectivity index (χ4n) is 3.36. The molecular formula is C20H25N7O2S. The number of hydrogen-bond donors (Lipinski definition) is 2. The zero-order valence-electron chi connectivity index (χ0n) is 17.3. The minimum atomic E-state index is -3.74. The van der Waals surface area contributed by atoms with Crippen LogP contribution in [0.15, 0.2) is 41.6 Å². The highest BCUT2D eigenvalue weighted by atomic mass is 32.2. The third kappa shape index (κ3) is 4.38. The molecule has 0 aliphatic carbocycles. The van der Waals surface area contributed by atoms with Crippen molar-refractivity contribution in [2.75, 3.05) is 28.0 Å². The second kappa shape index (κ2) is 7.94. The Balaban J connectivity index is 1.47. The number of aromatic nitrogens is 4. The maximum absolute atomic E-state index is 12.5. The first-order valence-electron chi connectivity index (χ1n) is 9.81. The van der Waals surface area contributed by atoms with E-state index in [-0.39, 0.29) is 5.03 Å². The van der Waals surface area contributed by atoms with Gasteiger partial charge in [0.15, 0.2) is 5.03 Å². The number of nitrogens with one attached hydrogen (secondary N) is 2. The van der Waals surface area contributed by atoms with Gasteiger partial charge in [-0.1, -0.05) is 0 Å². The first kappa shape index (κ1) is 20.1. The van der Waals surface area contributed by atoms with Crippen LogP contribution < -0.4 is 14.9 Å². The molecule has 30 heavy (non-hydrogen) atoms. The van der Waals surface area contributed by atoms with Gasteiger partial charge in [0.2, 0.25) is 0 Å². The van der Waals surface area contributed by atoms with Crippen molar-refractivity contribution in [3.8, 4) is 0 Å². The lowest BCUT2D eigenvalue weighted by Crippen LogP contribution is -2.19. The van der Waals surface area contributed by atoms with Gasteiger partial charge >= 0.3 is 0 Å². The van der Waals surface area contributed by atoms with Gasteiger partial charge < -0.3 is 14.8 Å². The van der Waals surface area contributed by atoms with Gasteiger partial charge in [-0.25, -0.2) is 15.0 Å². The van der Waals surface area contributed by atoms with E-state index in [1.165, 1.54) is 19.0 Å². The standard InChI is InChI=1S/C20H25N7O2S/c1-14-21-18(12-19(22-14)27-10-4-5-11-27)24-16-6-8-17(9-7-16)25-30(28,29)20-13-26(3)15(2)23-20/h6-9,12-13,25H,4-5,10-11H2,1-3H3,(H,21,22,24). The molecule has 0 amide bonds. The molecule has 2 aromatic heterocycles. The summed E-state index contributed by atoms with van der Waals surface area (Å²) in [5.41, 5.74) is 1.26. The Morgan fingerprint density at radius 1 is 0.967 bits per heavy atom. The molecule has 0 radical (unpaired) electrons. The van der Waals surface area contributed by atoms with Gasteiger partial charge in [-0.15, -0.1) is 0 Å². The molecule has 3 aromatic rings. The summed E-state index contributed by atoms with van der Waals surface area (Å²) in [5, 5.41) is 3.27. The van der Waals surface area contributed by atoms with Crippen molar-refractivity contribution in [2.24, 2.45) is 7.05 Å². The molecule has 1 saturated heterocycles. The number of rotatable bonds is 6. The molecule has 158 valence electrons. The Labute approximate surface area is 176 Å². The first-order valence-corrected chi connectivity index (χ1v) is 11.3. The summed E-state index contributed by atoms with van der Waals surface area (Å²) in [6.07, 6.45) is 3.85. The van der Waals surface area contributed by atoms with E-state index < -0.39 is 10.0 Å². The Morgan fingerprint density at radius 2 is 1.63 bits per heavy atom. The predicted molar refractivity (Wildman–Crippen MR) is 117 cm³/mol. The van der Waals surface area contributed by atoms with E-state index in [1.807, 2.05) is 13.0 Å². The van der Waals surface area contributed by atoms with Crippen LogP contribution in [0.4, 0.5) is 23.0 Å². The van der Waals surface area contributed by atoms with Crippen LogP contribution in [0, 0.1) is 13.8 Å². The molecule has 4 rings (SSSR count). The highest BCUT2D eigenvalue weighted by Gasteiger charge is 2.19. The third-order valence-corrected chi connectivity index (χ3v) is 6.28. The molecule has 10 heteroatoms. The van der Waals surface area contributed by atoms with Crippen LogP contribution in [0.2, 0.25) is 0 Å². The SMILES string of the molecule is Cc1nc(Nc2ccc(NS(=O)(=O)c3cn(C)c(C)n3)cc2)cc(N2CCCC2)n1. The van der Waals surface area contributed by atoms with Crippen molar-refractivity contribution in [3.05, 3.63) is 48.2 Å². The van der Waals surface area contributed by atoms with E-state index in [0.29, 0.717) is 23.2 Å². The van der Waals surface area contributed by atoms with Crippen LogP contribution in [0.5, 0.6) is 0 Å². The number of benzene rings is 1. The van der Waals surface area contributed by atoms with Gasteiger partial charge in [-0.2, -0.15) is 8.42 Å². The van der Waals surface area contributed by atoms with Crippen molar-refractivity contribution in [2.45, 2.75) is 31.7 Å². The second-order valence-electron chi connectivity index (χ2n) is 7.40. The molecule has 0 unspecified atom stereocenters. The Morgan fingerprint density at radius 3 is 2.27 bits per heavy atom. The normalized spacial score (nSPS) is 14.2. The maximum atomic E-state index is 12.5. The van der Waals surface area contributed by atoms with Gasteiger partial charge in [0.05, 0.1) is 0 Å². The fourth-order valence-corrected chi connectivity index (χ4v) is 4.46. The molecule has 2 N–H and O–H groups in total. The Kier molecular flexibility index (Phi) is 5.33. The molecule has 3 heterocycles. The van der Waals surface area contributed by atoms with E-state index in [9.17, 15) is 8.42 Å². The van der Waals surface area contributed by atoms with E-state index in [1.54, 1.807) is 42.8 Å². The van der Waals surface area contributed by atoms with E-state index in [4.69, 9.17) is 0 Å². The zero-order chi connectivity index (χ0) is 21.3. The number of hydrogen-bond acceptors (Lipinski definition) is 7. The van der Waals surface area contributed by atoms with Gasteiger partial charge in [-0.05, 0) is 51.0 Å². The van der Waals surface area contributed by atoms with Crippen molar-refractivity contribution in [1.82, 2.24) is 19.5 Å². The Hall–Kier alpha value is -3.14. The monoisotopic (exact) mass is 427 g/mol. The number of nitrogens with zero attached hydrogens (tertiary/aromatic N) is 5. The van der Waals surface area contributed by atoms with Gasteiger partial charge in [0.25, 0.3) is 10.0 Å². The van der Waals surface area contributed by atoms with Crippen molar-refractivity contribution < 1.29 is 8.42 Å². The summed E-state index contributed by atoms with van der Waals surface area (Å²) < 4.78 is 29.3. The summed E-state index contributed by atoms with van der Waals surface area (Å²) in [7, 11) is -1.98. The van der Waals surface area contributed by atoms with E-state index in [0.717, 1.165) is 24.6 Å². The smallest absolute Gasteiger partial charge is 0.280 e. The topological polar surface area (TPSA) is 105 Å². The van der Waals surface area contributed by atoms with E-state index in [2.05, 4.69) is 29.9 Å². The number of imidazole rings is 1. The van der Waals surface area contributed by atoms with Gasteiger partial charge in [-0.3, -0.25) is 4.72 Å². The summed E-state index contributed by atoms with van der Waals surface area (Å²) >= 11 is 0. The molecule has 0 spiro atoms. The molecule has 0 saturated carbocycles. The number of anilines is 4. The molecule has 1 aliphatic heterocycles. The lowest BCUT2D eigenvalue weighted by molar-refractivity contribution is 0.598. The molecule has 1 aliphatic rings. The zero-order valence-corrected chi connectivity index (χ0v) is 18.1. The minimum Gasteiger partial charge on any atom is -0.356 e. The van der Waals surface area contributed by atoms with Crippen LogP contribution in [0.25, 0.3) is 0 Å². The lowest BCUT2D eigenvalue weighted by Gasteiger charge is -2.18. The highest BCUT2D eigenvalue weighted by Crippen LogP contribution is 2.24. The average molecular weight is 428 g/mol.